The quantitative estimate of drug-likeness (QED) is 0.865. The zero-order chi connectivity index (χ0) is 16.8. The highest BCUT2D eigenvalue weighted by molar-refractivity contribution is 5.87. The molecule has 1 heterocycles. The van der Waals surface area contributed by atoms with Crippen LogP contribution in [-0.2, 0) is 12.8 Å². The zero-order valence-electron chi connectivity index (χ0n) is 14.7. The average Bonchev–Trinajstić information content (AvgIpc) is 2.62. The summed E-state index contributed by atoms with van der Waals surface area (Å²) >= 11 is 0. The lowest BCUT2D eigenvalue weighted by Gasteiger charge is -2.40. The van der Waals surface area contributed by atoms with Crippen molar-refractivity contribution < 1.29 is 14.2 Å². The van der Waals surface area contributed by atoms with Crippen molar-refractivity contribution in [3.8, 4) is 28.4 Å². The van der Waals surface area contributed by atoms with Crippen molar-refractivity contribution >= 4 is 0 Å². The number of fused-ring (bicyclic) bond motifs is 2. The molecule has 0 saturated carbocycles. The summed E-state index contributed by atoms with van der Waals surface area (Å²) in [6.45, 7) is 1.06. The number of benzene rings is 2. The van der Waals surface area contributed by atoms with Crippen LogP contribution >= 0.6 is 0 Å². The highest BCUT2D eigenvalue weighted by Gasteiger charge is 2.37. The second-order valence-electron chi connectivity index (χ2n) is 6.50. The van der Waals surface area contributed by atoms with Crippen molar-refractivity contribution in [3.63, 3.8) is 0 Å². The van der Waals surface area contributed by atoms with Crippen LogP contribution in [-0.4, -0.2) is 39.8 Å². The highest BCUT2D eigenvalue weighted by Crippen LogP contribution is 2.54. The molecule has 4 heteroatoms. The Morgan fingerprint density at radius 1 is 0.958 bits per heavy atom. The van der Waals surface area contributed by atoms with Gasteiger partial charge in [0.05, 0.1) is 21.3 Å². The maximum Gasteiger partial charge on any atom is 0.169 e. The van der Waals surface area contributed by atoms with Crippen molar-refractivity contribution in [3.05, 3.63) is 41.0 Å². The van der Waals surface area contributed by atoms with Gasteiger partial charge in [0.15, 0.2) is 11.5 Å². The molecule has 0 saturated heterocycles. The topological polar surface area (TPSA) is 30.9 Å². The number of nitrogens with zero attached hydrogens (tertiary/aromatic N) is 1. The van der Waals surface area contributed by atoms with Gasteiger partial charge in [0.2, 0.25) is 0 Å². The first-order valence-corrected chi connectivity index (χ1v) is 8.33. The molecule has 0 aromatic heterocycles. The predicted octanol–water partition coefficient (Wildman–Crippen LogP) is 3.46. The summed E-state index contributed by atoms with van der Waals surface area (Å²) < 4.78 is 17.1. The Labute approximate surface area is 142 Å². The van der Waals surface area contributed by atoms with E-state index in [1.807, 2.05) is 6.07 Å². The number of rotatable bonds is 3. The molecule has 1 unspecified atom stereocenters. The number of likely N-dealkylation sites (N-methyl/N-ethyl adjacent to an activating group) is 1. The lowest BCUT2D eigenvalue weighted by Crippen LogP contribution is -2.35. The maximum atomic E-state index is 5.80. The Bertz CT molecular complexity index is 800. The molecule has 0 bridgehead atoms. The molecule has 1 aliphatic heterocycles. The Balaban J connectivity index is 2.11. The second kappa shape index (κ2) is 5.71. The van der Waals surface area contributed by atoms with Crippen LogP contribution < -0.4 is 14.2 Å². The summed E-state index contributed by atoms with van der Waals surface area (Å²) in [7, 11) is 7.35. The van der Waals surface area contributed by atoms with E-state index in [0.717, 1.165) is 47.8 Å². The van der Waals surface area contributed by atoms with Crippen molar-refractivity contribution in [1.29, 1.82) is 0 Å². The molecular weight excluding hydrogens is 302 g/mol. The van der Waals surface area contributed by atoms with Crippen LogP contribution in [0.1, 0.15) is 22.7 Å². The molecule has 2 aromatic carbocycles. The van der Waals surface area contributed by atoms with Crippen LogP contribution in [0, 0.1) is 0 Å². The molecule has 0 N–H and O–H groups in total. The largest absolute Gasteiger partial charge is 0.496 e. The van der Waals surface area contributed by atoms with E-state index in [4.69, 9.17) is 14.2 Å². The van der Waals surface area contributed by atoms with Crippen molar-refractivity contribution in [2.24, 2.45) is 0 Å². The lowest BCUT2D eigenvalue weighted by molar-refractivity contribution is 0.226. The van der Waals surface area contributed by atoms with Crippen LogP contribution in [0.4, 0.5) is 0 Å². The molecule has 24 heavy (non-hydrogen) atoms. The van der Waals surface area contributed by atoms with Gasteiger partial charge in [0.1, 0.15) is 5.75 Å². The Morgan fingerprint density at radius 3 is 2.46 bits per heavy atom. The molecule has 0 radical (unpaired) electrons. The van der Waals surface area contributed by atoms with Crippen molar-refractivity contribution in [1.82, 2.24) is 4.90 Å². The molecule has 0 amide bonds. The fourth-order valence-electron chi connectivity index (χ4n) is 4.24. The summed E-state index contributed by atoms with van der Waals surface area (Å²) in [5.41, 5.74) is 6.33. The summed E-state index contributed by atoms with van der Waals surface area (Å²) in [4.78, 5) is 2.44. The Hall–Kier alpha value is -2.20. The highest BCUT2D eigenvalue weighted by atomic mass is 16.5. The van der Waals surface area contributed by atoms with Gasteiger partial charge in [0, 0.05) is 23.7 Å². The van der Waals surface area contributed by atoms with Gasteiger partial charge in [-0.1, -0.05) is 12.1 Å². The Kier molecular flexibility index (Phi) is 3.65. The van der Waals surface area contributed by atoms with E-state index < -0.39 is 0 Å². The monoisotopic (exact) mass is 325 g/mol. The van der Waals surface area contributed by atoms with Gasteiger partial charge in [0.25, 0.3) is 0 Å². The van der Waals surface area contributed by atoms with Crippen LogP contribution in [0.2, 0.25) is 0 Å². The lowest BCUT2D eigenvalue weighted by atomic mass is 9.76. The first-order chi connectivity index (χ1) is 11.7. The normalized spacial score (nSPS) is 18.6. The smallest absolute Gasteiger partial charge is 0.169 e. The fraction of sp³-hybridized carbons (Fsp3) is 0.400. The van der Waals surface area contributed by atoms with Gasteiger partial charge in [-0.25, -0.2) is 0 Å². The minimum absolute atomic E-state index is 0.378. The van der Waals surface area contributed by atoms with Gasteiger partial charge in [-0.15, -0.1) is 0 Å². The second-order valence-corrected chi connectivity index (χ2v) is 6.50. The van der Waals surface area contributed by atoms with Gasteiger partial charge in [-0.05, 0) is 48.7 Å². The van der Waals surface area contributed by atoms with Crippen molar-refractivity contribution in [2.75, 3.05) is 34.9 Å². The van der Waals surface area contributed by atoms with E-state index in [-0.39, 0.29) is 0 Å². The van der Waals surface area contributed by atoms with Gasteiger partial charge in [-0.2, -0.15) is 0 Å². The van der Waals surface area contributed by atoms with E-state index in [1.54, 1.807) is 21.3 Å². The molecule has 2 aromatic rings. The summed E-state index contributed by atoms with van der Waals surface area (Å²) in [6.07, 6.45) is 2.03. The standard InChI is InChI=1S/C20H23NO3/c1-21-9-8-13-11-16(23-3)20(24-4)19-17(13)14(21)10-12-6-5-7-15(22-2)18(12)19/h5-7,11,14H,8-10H2,1-4H3. The SMILES string of the molecule is COc1cc2c3c(c1OC)-c1c(cccc1OC)CC3N(C)CC2. The Morgan fingerprint density at radius 2 is 1.75 bits per heavy atom. The van der Waals surface area contributed by atoms with E-state index in [9.17, 15) is 0 Å². The summed E-state index contributed by atoms with van der Waals surface area (Å²) in [5, 5.41) is 0. The van der Waals surface area contributed by atoms with E-state index in [2.05, 4.69) is 30.1 Å². The van der Waals surface area contributed by atoms with Crippen LogP contribution in [0.15, 0.2) is 24.3 Å². The maximum absolute atomic E-state index is 5.80. The molecule has 126 valence electrons. The van der Waals surface area contributed by atoms with Crippen LogP contribution in [0.25, 0.3) is 11.1 Å². The van der Waals surface area contributed by atoms with E-state index in [0.29, 0.717) is 6.04 Å². The van der Waals surface area contributed by atoms with E-state index >= 15 is 0 Å². The molecular formula is C20H23NO3. The number of hydrogen-bond acceptors (Lipinski definition) is 4. The number of ether oxygens (including phenoxy) is 3. The van der Waals surface area contributed by atoms with Gasteiger partial charge in [-0.3, -0.25) is 4.90 Å². The molecule has 4 nitrogen and oxygen atoms in total. The molecule has 4 rings (SSSR count). The van der Waals surface area contributed by atoms with E-state index in [1.165, 1.54) is 16.7 Å². The summed E-state index contributed by atoms with van der Waals surface area (Å²) in [5.74, 6) is 2.50. The average molecular weight is 325 g/mol. The minimum Gasteiger partial charge on any atom is -0.496 e. The van der Waals surface area contributed by atoms with Gasteiger partial charge >= 0.3 is 0 Å². The first kappa shape index (κ1) is 15.3. The van der Waals surface area contributed by atoms with Crippen LogP contribution in [0.3, 0.4) is 0 Å². The predicted molar refractivity (Wildman–Crippen MR) is 94.3 cm³/mol. The molecule has 0 spiro atoms. The number of methoxy groups -OCH3 is 3. The van der Waals surface area contributed by atoms with Crippen LogP contribution in [0.5, 0.6) is 17.2 Å². The summed E-state index contributed by atoms with van der Waals surface area (Å²) in [6, 6.07) is 8.82. The number of hydrogen-bond donors (Lipinski definition) is 0. The van der Waals surface area contributed by atoms with Gasteiger partial charge < -0.3 is 14.2 Å². The molecule has 0 fully saturated rings. The molecule has 1 aliphatic carbocycles. The van der Waals surface area contributed by atoms with Crippen molar-refractivity contribution in [2.45, 2.75) is 18.9 Å². The third-order valence-electron chi connectivity index (χ3n) is 5.39. The minimum atomic E-state index is 0.378. The zero-order valence-corrected chi connectivity index (χ0v) is 14.7. The third-order valence-corrected chi connectivity index (χ3v) is 5.39. The first-order valence-electron chi connectivity index (χ1n) is 8.33. The molecule has 2 aliphatic rings. The molecule has 1 atom stereocenters. The third kappa shape index (κ3) is 2.02. The fourth-order valence-corrected chi connectivity index (χ4v) is 4.24.